The van der Waals surface area contributed by atoms with Crippen LogP contribution >= 0.6 is 0 Å². The first kappa shape index (κ1) is 16.4. The predicted molar refractivity (Wildman–Crippen MR) is 96.2 cm³/mol. The van der Waals surface area contributed by atoms with Gasteiger partial charge in [0.2, 0.25) is 0 Å². The molecule has 0 bridgehead atoms. The van der Waals surface area contributed by atoms with Crippen LogP contribution in [0.25, 0.3) is 6.08 Å². The van der Waals surface area contributed by atoms with Crippen LogP contribution in [0.2, 0.25) is 12.6 Å². The largest absolute Gasteiger partial charge is 0.109 e. The Morgan fingerprint density at radius 2 is 1.67 bits per heavy atom. The van der Waals surface area contributed by atoms with Crippen molar-refractivity contribution < 1.29 is 0 Å². The summed E-state index contributed by atoms with van der Waals surface area (Å²) in [5.41, 5.74) is 4.91. The Balaban J connectivity index is 2.24. The van der Waals surface area contributed by atoms with Gasteiger partial charge in [0.15, 0.2) is 0 Å². The van der Waals surface area contributed by atoms with Gasteiger partial charge in [0, 0.05) is 0 Å². The molecule has 1 aromatic carbocycles. The minimum atomic E-state index is 0.255. The lowest BCUT2D eigenvalue weighted by Gasteiger charge is -2.15. The highest BCUT2D eigenvalue weighted by Crippen LogP contribution is 2.25. The molecule has 0 spiro atoms. The molecule has 0 saturated heterocycles. The van der Waals surface area contributed by atoms with Gasteiger partial charge >= 0.3 is 0 Å². The third-order valence-corrected chi connectivity index (χ3v) is 4.26. The van der Waals surface area contributed by atoms with E-state index in [1.54, 1.807) is 11.1 Å². The first-order valence-corrected chi connectivity index (χ1v) is 8.68. The van der Waals surface area contributed by atoms with Crippen molar-refractivity contribution in [1.82, 2.24) is 0 Å². The second kappa shape index (κ2) is 7.87. The zero-order valence-corrected chi connectivity index (χ0v) is 14.1. The van der Waals surface area contributed by atoms with E-state index in [1.807, 2.05) is 0 Å². The van der Waals surface area contributed by atoms with Crippen LogP contribution in [0.15, 0.2) is 24.3 Å². The van der Waals surface area contributed by atoms with Gasteiger partial charge in [-0.25, -0.2) is 0 Å². The van der Waals surface area contributed by atoms with Gasteiger partial charge in [-0.3, -0.25) is 0 Å². The van der Waals surface area contributed by atoms with E-state index in [0.717, 1.165) is 0 Å². The third kappa shape index (κ3) is 5.73. The summed E-state index contributed by atoms with van der Waals surface area (Å²) >= 11 is 0. The number of aryl methyl sites for hydroxylation is 1. The van der Waals surface area contributed by atoms with Crippen molar-refractivity contribution in [1.29, 1.82) is 0 Å². The molecular weight excluding hydrogens is 251 g/mol. The molecule has 1 radical (unpaired) electrons. The zero-order chi connectivity index (χ0) is 15.1. The molecule has 1 heterocycles. The standard InChI is InChI=1S/C20H30B/c1-20(2,3)14-13-18-11-8-10-17-9-4-6-15-21-16-7-5-12-19(17)18/h8,10-11,13-14H,4-7,9,12,15-16H2,1-3H3/b14-13+. The maximum absolute atomic E-state index is 2.50. The molecule has 0 saturated carbocycles. The summed E-state index contributed by atoms with van der Waals surface area (Å²) in [7, 11) is 2.50. The van der Waals surface area contributed by atoms with E-state index in [-0.39, 0.29) is 5.41 Å². The Bertz CT molecular complexity index is 465. The van der Waals surface area contributed by atoms with E-state index < -0.39 is 0 Å². The lowest BCUT2D eigenvalue weighted by molar-refractivity contribution is 0.547. The van der Waals surface area contributed by atoms with Crippen LogP contribution in [0, 0.1) is 5.41 Å². The molecule has 113 valence electrons. The van der Waals surface area contributed by atoms with E-state index in [2.05, 4.69) is 58.4 Å². The Morgan fingerprint density at radius 1 is 0.952 bits per heavy atom. The predicted octanol–water partition coefficient (Wildman–Crippen LogP) is 5.95. The minimum absolute atomic E-state index is 0.255. The molecule has 1 aliphatic rings. The molecule has 0 unspecified atom stereocenters. The lowest BCUT2D eigenvalue weighted by atomic mass is 9.68. The normalized spacial score (nSPS) is 17.9. The van der Waals surface area contributed by atoms with Crippen molar-refractivity contribution >= 4 is 13.4 Å². The molecule has 1 aliphatic heterocycles. The fourth-order valence-electron chi connectivity index (χ4n) is 3.03. The van der Waals surface area contributed by atoms with Crippen molar-refractivity contribution in [2.24, 2.45) is 5.41 Å². The molecule has 0 fully saturated rings. The quantitative estimate of drug-likeness (QED) is 0.558. The van der Waals surface area contributed by atoms with Gasteiger partial charge in [0.1, 0.15) is 7.28 Å². The van der Waals surface area contributed by atoms with Crippen LogP contribution in [0.3, 0.4) is 0 Å². The molecule has 0 N–H and O–H groups in total. The van der Waals surface area contributed by atoms with E-state index in [4.69, 9.17) is 0 Å². The van der Waals surface area contributed by atoms with E-state index in [0.29, 0.717) is 0 Å². The highest BCUT2D eigenvalue weighted by molar-refractivity contribution is 6.35. The summed E-state index contributed by atoms with van der Waals surface area (Å²) in [6.45, 7) is 6.81. The highest BCUT2D eigenvalue weighted by Gasteiger charge is 2.10. The summed E-state index contributed by atoms with van der Waals surface area (Å²) < 4.78 is 0. The first-order chi connectivity index (χ1) is 10.1. The molecule has 21 heavy (non-hydrogen) atoms. The second-order valence-corrected chi connectivity index (χ2v) is 7.46. The zero-order valence-electron chi connectivity index (χ0n) is 14.1. The Morgan fingerprint density at radius 3 is 2.38 bits per heavy atom. The monoisotopic (exact) mass is 281 g/mol. The van der Waals surface area contributed by atoms with Gasteiger partial charge in [-0.15, -0.1) is 0 Å². The number of hydrogen-bond donors (Lipinski definition) is 0. The SMILES string of the molecule is CC(C)(C)/C=C/c1cccc2c1CCCC[B]CCCC2. The maximum Gasteiger partial charge on any atom is 0.109 e. The number of benzene rings is 1. The molecule has 0 atom stereocenters. The smallest absolute Gasteiger partial charge is 0.0803 e. The van der Waals surface area contributed by atoms with E-state index >= 15 is 0 Å². The van der Waals surface area contributed by atoms with Gasteiger partial charge in [0.05, 0.1) is 0 Å². The summed E-state index contributed by atoms with van der Waals surface area (Å²) in [6.07, 6.45) is 15.1. The van der Waals surface area contributed by atoms with E-state index in [9.17, 15) is 0 Å². The Labute approximate surface area is 132 Å². The topological polar surface area (TPSA) is 0 Å². The number of hydrogen-bond acceptors (Lipinski definition) is 0. The van der Waals surface area contributed by atoms with Gasteiger partial charge in [-0.05, 0) is 47.8 Å². The van der Waals surface area contributed by atoms with Crippen LogP contribution in [-0.2, 0) is 12.8 Å². The Kier molecular flexibility index (Phi) is 6.14. The molecule has 1 heteroatoms. The highest BCUT2D eigenvalue weighted by atomic mass is 14.1. The molecular formula is C20H30B. The molecule has 0 aromatic heterocycles. The fourth-order valence-corrected chi connectivity index (χ4v) is 3.03. The summed E-state index contributed by atoms with van der Waals surface area (Å²) in [6, 6.07) is 6.89. The number of fused-ring (bicyclic) bond motifs is 1. The number of allylic oxidation sites excluding steroid dienone is 1. The lowest BCUT2D eigenvalue weighted by Crippen LogP contribution is -2.01. The molecule has 0 nitrogen and oxygen atoms in total. The van der Waals surface area contributed by atoms with Crippen LogP contribution in [0.5, 0.6) is 0 Å². The maximum atomic E-state index is 2.50. The average Bonchev–Trinajstić information content (AvgIpc) is 2.48. The van der Waals surface area contributed by atoms with Crippen molar-refractivity contribution in [2.75, 3.05) is 0 Å². The third-order valence-electron chi connectivity index (χ3n) is 4.26. The summed E-state index contributed by atoms with van der Waals surface area (Å²) in [4.78, 5) is 0. The van der Waals surface area contributed by atoms with Gasteiger partial charge < -0.3 is 0 Å². The average molecular weight is 281 g/mol. The summed E-state index contributed by atoms with van der Waals surface area (Å²) in [5.74, 6) is 0. The van der Waals surface area contributed by atoms with Gasteiger partial charge in [0.25, 0.3) is 0 Å². The van der Waals surface area contributed by atoms with Crippen LogP contribution in [0.4, 0.5) is 0 Å². The van der Waals surface area contributed by atoms with Crippen LogP contribution < -0.4 is 0 Å². The second-order valence-electron chi connectivity index (χ2n) is 7.46. The molecule has 0 aliphatic carbocycles. The van der Waals surface area contributed by atoms with Crippen LogP contribution in [0.1, 0.15) is 63.1 Å². The molecule has 1 aromatic rings. The van der Waals surface area contributed by atoms with Crippen molar-refractivity contribution in [3.63, 3.8) is 0 Å². The fraction of sp³-hybridized carbons (Fsp3) is 0.600. The van der Waals surface area contributed by atoms with Crippen molar-refractivity contribution in [2.45, 2.75) is 71.9 Å². The van der Waals surface area contributed by atoms with E-state index in [1.165, 1.54) is 56.7 Å². The Hall–Kier alpha value is -0.975. The van der Waals surface area contributed by atoms with Crippen molar-refractivity contribution in [3.8, 4) is 0 Å². The molecule has 2 rings (SSSR count). The van der Waals surface area contributed by atoms with Crippen LogP contribution in [-0.4, -0.2) is 7.28 Å². The van der Waals surface area contributed by atoms with Gasteiger partial charge in [-0.2, -0.15) is 0 Å². The minimum Gasteiger partial charge on any atom is -0.0803 e. The molecule has 0 amide bonds. The van der Waals surface area contributed by atoms with Gasteiger partial charge in [-0.1, -0.05) is 76.6 Å². The van der Waals surface area contributed by atoms with Crippen molar-refractivity contribution in [3.05, 3.63) is 41.0 Å². The number of rotatable bonds is 1. The first-order valence-electron chi connectivity index (χ1n) is 8.68. The summed E-state index contributed by atoms with van der Waals surface area (Å²) in [5, 5.41) is 0.